The Bertz CT molecular complexity index is 551. The van der Waals surface area contributed by atoms with Crippen LogP contribution in [0.4, 0.5) is 11.8 Å². The highest BCUT2D eigenvalue weighted by molar-refractivity contribution is 5.53. The number of nitrogens with zero attached hydrogens (tertiary/aromatic N) is 2. The molecular weight excluding hydrogens is 212 g/mol. The number of aryl methyl sites for hydroxylation is 1. The number of nitrogen functional groups attached to an aromatic ring is 2. The van der Waals surface area contributed by atoms with Crippen LogP contribution in [0.15, 0.2) is 30.3 Å². The van der Waals surface area contributed by atoms with Crippen molar-refractivity contribution in [2.75, 3.05) is 11.5 Å². The Balaban J connectivity index is 2.10. The summed E-state index contributed by atoms with van der Waals surface area (Å²) in [6, 6.07) is 10.3. The van der Waals surface area contributed by atoms with Gasteiger partial charge in [0.05, 0.1) is 5.69 Å². The molecule has 1 unspecified atom stereocenters. The van der Waals surface area contributed by atoms with Crippen molar-refractivity contribution in [3.8, 4) is 0 Å². The summed E-state index contributed by atoms with van der Waals surface area (Å²) in [5.74, 6) is 1.11. The van der Waals surface area contributed by atoms with E-state index in [1.807, 2.05) is 18.2 Å². The Labute approximate surface area is 99.7 Å². The van der Waals surface area contributed by atoms with Gasteiger partial charge >= 0.3 is 0 Å². The van der Waals surface area contributed by atoms with Gasteiger partial charge in [0, 0.05) is 11.5 Å². The van der Waals surface area contributed by atoms with Gasteiger partial charge in [-0.25, -0.2) is 4.98 Å². The third-order valence-corrected chi connectivity index (χ3v) is 3.29. The molecule has 0 amide bonds. The average Bonchev–Trinajstić information content (AvgIpc) is 2.74. The van der Waals surface area contributed by atoms with Crippen molar-refractivity contribution in [1.29, 1.82) is 0 Å². The summed E-state index contributed by atoms with van der Waals surface area (Å²) >= 11 is 0. The average molecular weight is 226 g/mol. The maximum absolute atomic E-state index is 5.97. The van der Waals surface area contributed by atoms with E-state index in [1.165, 1.54) is 5.56 Å². The number of aromatic nitrogens is 2. The maximum atomic E-state index is 5.97. The van der Waals surface area contributed by atoms with Crippen molar-refractivity contribution in [1.82, 2.24) is 9.97 Å². The van der Waals surface area contributed by atoms with Gasteiger partial charge in [-0.3, -0.25) is 0 Å². The summed E-state index contributed by atoms with van der Waals surface area (Å²) in [6.07, 6.45) is 1.95. The number of fused-ring (bicyclic) bond motifs is 1. The second-order valence-corrected chi connectivity index (χ2v) is 4.33. The van der Waals surface area contributed by atoms with E-state index in [2.05, 4.69) is 22.1 Å². The van der Waals surface area contributed by atoms with Crippen molar-refractivity contribution in [3.63, 3.8) is 0 Å². The van der Waals surface area contributed by atoms with E-state index >= 15 is 0 Å². The van der Waals surface area contributed by atoms with E-state index in [0.717, 1.165) is 24.1 Å². The zero-order valence-electron chi connectivity index (χ0n) is 9.43. The fourth-order valence-corrected chi connectivity index (χ4v) is 2.57. The monoisotopic (exact) mass is 226 g/mol. The first-order valence-electron chi connectivity index (χ1n) is 5.72. The third-order valence-electron chi connectivity index (χ3n) is 3.29. The predicted molar refractivity (Wildman–Crippen MR) is 67.5 cm³/mol. The molecule has 0 spiro atoms. The van der Waals surface area contributed by atoms with Gasteiger partial charge in [0.15, 0.2) is 0 Å². The van der Waals surface area contributed by atoms with E-state index in [-0.39, 0.29) is 5.95 Å². The molecule has 0 bridgehead atoms. The summed E-state index contributed by atoms with van der Waals surface area (Å²) < 4.78 is 0. The highest BCUT2D eigenvalue weighted by atomic mass is 15.0. The molecule has 0 aliphatic heterocycles. The summed E-state index contributed by atoms with van der Waals surface area (Å²) in [4.78, 5) is 8.34. The smallest absolute Gasteiger partial charge is 0.222 e. The lowest BCUT2D eigenvalue weighted by molar-refractivity contribution is 0.786. The van der Waals surface area contributed by atoms with E-state index in [9.17, 15) is 0 Å². The zero-order valence-corrected chi connectivity index (χ0v) is 9.43. The van der Waals surface area contributed by atoms with Crippen LogP contribution in [0.25, 0.3) is 0 Å². The normalized spacial score (nSPS) is 18.0. The maximum Gasteiger partial charge on any atom is 0.222 e. The largest absolute Gasteiger partial charge is 0.383 e. The Morgan fingerprint density at radius 1 is 1.06 bits per heavy atom. The van der Waals surface area contributed by atoms with Gasteiger partial charge in [0.1, 0.15) is 5.82 Å². The molecular formula is C13H14N4. The van der Waals surface area contributed by atoms with Crippen molar-refractivity contribution < 1.29 is 0 Å². The SMILES string of the molecule is Nc1nc(N)c2c(n1)CCC2c1ccccc1. The molecule has 4 nitrogen and oxygen atoms in total. The fourth-order valence-electron chi connectivity index (χ4n) is 2.57. The zero-order chi connectivity index (χ0) is 11.8. The molecule has 1 atom stereocenters. The molecule has 1 heterocycles. The molecule has 1 aliphatic carbocycles. The summed E-state index contributed by atoms with van der Waals surface area (Å²) in [7, 11) is 0. The van der Waals surface area contributed by atoms with Crippen LogP contribution in [0, 0.1) is 0 Å². The summed E-state index contributed by atoms with van der Waals surface area (Å²) in [5.41, 5.74) is 14.9. The molecule has 1 aromatic carbocycles. The molecule has 0 saturated carbocycles. The van der Waals surface area contributed by atoms with E-state index < -0.39 is 0 Å². The number of hydrogen-bond donors (Lipinski definition) is 2. The third kappa shape index (κ3) is 1.62. The van der Waals surface area contributed by atoms with E-state index in [4.69, 9.17) is 11.5 Å². The van der Waals surface area contributed by atoms with Crippen LogP contribution in [-0.4, -0.2) is 9.97 Å². The molecule has 3 rings (SSSR count). The minimum atomic E-state index is 0.273. The van der Waals surface area contributed by atoms with Crippen LogP contribution in [0.3, 0.4) is 0 Å². The van der Waals surface area contributed by atoms with Crippen molar-refractivity contribution in [3.05, 3.63) is 47.2 Å². The number of anilines is 2. The van der Waals surface area contributed by atoms with Gasteiger partial charge in [0.2, 0.25) is 5.95 Å². The van der Waals surface area contributed by atoms with Gasteiger partial charge in [-0.2, -0.15) is 4.98 Å². The standard InChI is InChI=1S/C13H14N4/c14-12-11-9(8-4-2-1-3-5-8)6-7-10(11)16-13(15)17-12/h1-5,9H,6-7H2,(H4,14,15,16,17). The topological polar surface area (TPSA) is 77.8 Å². The molecule has 4 N–H and O–H groups in total. The van der Waals surface area contributed by atoms with Crippen LogP contribution < -0.4 is 11.5 Å². The molecule has 0 fully saturated rings. The van der Waals surface area contributed by atoms with E-state index in [0.29, 0.717) is 11.7 Å². The van der Waals surface area contributed by atoms with Crippen molar-refractivity contribution in [2.45, 2.75) is 18.8 Å². The van der Waals surface area contributed by atoms with Gasteiger partial charge in [0.25, 0.3) is 0 Å². The van der Waals surface area contributed by atoms with Crippen LogP contribution in [-0.2, 0) is 6.42 Å². The predicted octanol–water partition coefficient (Wildman–Crippen LogP) is 1.72. The van der Waals surface area contributed by atoms with Gasteiger partial charge in [-0.1, -0.05) is 30.3 Å². The Kier molecular flexibility index (Phi) is 2.21. The van der Waals surface area contributed by atoms with Gasteiger partial charge in [-0.05, 0) is 18.4 Å². The number of benzene rings is 1. The fraction of sp³-hybridized carbons (Fsp3) is 0.231. The van der Waals surface area contributed by atoms with Crippen LogP contribution in [0.5, 0.6) is 0 Å². The molecule has 0 radical (unpaired) electrons. The Hall–Kier alpha value is -2.10. The van der Waals surface area contributed by atoms with Crippen LogP contribution in [0.2, 0.25) is 0 Å². The molecule has 0 saturated heterocycles. The van der Waals surface area contributed by atoms with Crippen molar-refractivity contribution in [2.24, 2.45) is 0 Å². The summed E-state index contributed by atoms with van der Waals surface area (Å²) in [6.45, 7) is 0. The highest BCUT2D eigenvalue weighted by Gasteiger charge is 2.28. The first-order chi connectivity index (χ1) is 8.25. The first kappa shape index (κ1) is 10.1. The molecule has 86 valence electrons. The minimum Gasteiger partial charge on any atom is -0.383 e. The molecule has 17 heavy (non-hydrogen) atoms. The summed E-state index contributed by atoms with van der Waals surface area (Å²) in [5, 5.41) is 0. The van der Waals surface area contributed by atoms with Crippen LogP contribution >= 0.6 is 0 Å². The van der Waals surface area contributed by atoms with Crippen molar-refractivity contribution >= 4 is 11.8 Å². The molecule has 1 aliphatic rings. The van der Waals surface area contributed by atoms with Gasteiger partial charge < -0.3 is 11.5 Å². The molecule has 1 aromatic heterocycles. The number of rotatable bonds is 1. The lowest BCUT2D eigenvalue weighted by Crippen LogP contribution is -2.07. The molecule has 2 aromatic rings. The number of hydrogen-bond acceptors (Lipinski definition) is 4. The quantitative estimate of drug-likeness (QED) is 0.776. The Morgan fingerprint density at radius 2 is 1.82 bits per heavy atom. The molecule has 4 heteroatoms. The second kappa shape index (κ2) is 3.73. The van der Waals surface area contributed by atoms with E-state index in [1.54, 1.807) is 0 Å². The highest BCUT2D eigenvalue weighted by Crippen LogP contribution is 2.39. The second-order valence-electron chi connectivity index (χ2n) is 4.33. The first-order valence-corrected chi connectivity index (χ1v) is 5.72. The van der Waals surface area contributed by atoms with Crippen LogP contribution in [0.1, 0.15) is 29.2 Å². The minimum absolute atomic E-state index is 0.273. The van der Waals surface area contributed by atoms with Gasteiger partial charge in [-0.15, -0.1) is 0 Å². The lowest BCUT2D eigenvalue weighted by atomic mass is 9.94. The Morgan fingerprint density at radius 3 is 2.59 bits per heavy atom. The lowest BCUT2D eigenvalue weighted by Gasteiger charge is -2.13. The number of nitrogens with two attached hydrogens (primary N) is 2.